The van der Waals surface area contributed by atoms with Crippen LogP contribution in [0.3, 0.4) is 0 Å². The molecule has 0 aromatic rings. The van der Waals surface area contributed by atoms with Crippen molar-refractivity contribution in [3.05, 3.63) is 0 Å². The van der Waals surface area contributed by atoms with Crippen LogP contribution < -0.4 is 5.32 Å². The van der Waals surface area contributed by atoms with Gasteiger partial charge in [-0.1, -0.05) is 0 Å². The van der Waals surface area contributed by atoms with Crippen molar-refractivity contribution in [2.75, 3.05) is 26.2 Å². The van der Waals surface area contributed by atoms with Crippen molar-refractivity contribution in [2.24, 2.45) is 5.92 Å². The predicted octanol–water partition coefficient (Wildman–Crippen LogP) is 0.556. The molecule has 2 saturated heterocycles. The first-order valence-electron chi connectivity index (χ1n) is 5.41. The third-order valence-corrected chi connectivity index (χ3v) is 3.09. The SMILES string of the molecule is O=C([C@H]1CCNC1)N1CCC[C@H](F)C1. The van der Waals surface area contributed by atoms with Gasteiger partial charge >= 0.3 is 0 Å². The third kappa shape index (κ3) is 2.05. The van der Waals surface area contributed by atoms with Gasteiger partial charge in [0.1, 0.15) is 6.17 Å². The number of rotatable bonds is 1. The van der Waals surface area contributed by atoms with Gasteiger partial charge in [-0.15, -0.1) is 0 Å². The van der Waals surface area contributed by atoms with Crippen molar-refractivity contribution in [3.8, 4) is 0 Å². The molecule has 2 aliphatic rings. The molecule has 1 N–H and O–H groups in total. The van der Waals surface area contributed by atoms with E-state index < -0.39 is 6.17 Å². The Balaban J connectivity index is 1.89. The number of amides is 1. The van der Waals surface area contributed by atoms with Gasteiger partial charge in [-0.25, -0.2) is 4.39 Å². The predicted molar refractivity (Wildman–Crippen MR) is 51.7 cm³/mol. The first kappa shape index (κ1) is 9.90. The standard InChI is InChI=1S/C10H17FN2O/c11-9-2-1-5-13(7-9)10(14)8-3-4-12-6-8/h8-9,12H,1-7H2/t8-,9-/m0/s1. The number of nitrogens with one attached hydrogen (secondary N) is 1. The summed E-state index contributed by atoms with van der Waals surface area (Å²) in [6.45, 7) is 2.75. The Kier molecular flexibility index (Phi) is 3.01. The van der Waals surface area contributed by atoms with Gasteiger partial charge in [0, 0.05) is 13.1 Å². The fraction of sp³-hybridized carbons (Fsp3) is 0.900. The lowest BCUT2D eigenvalue weighted by Gasteiger charge is -2.30. The second kappa shape index (κ2) is 4.26. The molecule has 0 spiro atoms. The molecule has 2 rings (SSSR count). The highest BCUT2D eigenvalue weighted by molar-refractivity contribution is 5.79. The molecule has 4 heteroatoms. The van der Waals surface area contributed by atoms with Gasteiger partial charge < -0.3 is 10.2 Å². The molecule has 80 valence electrons. The maximum atomic E-state index is 13.1. The van der Waals surface area contributed by atoms with Gasteiger partial charge in [0.05, 0.1) is 12.5 Å². The van der Waals surface area contributed by atoms with Crippen molar-refractivity contribution in [1.29, 1.82) is 0 Å². The molecule has 14 heavy (non-hydrogen) atoms. The van der Waals surface area contributed by atoms with Gasteiger partial charge in [-0.2, -0.15) is 0 Å². The lowest BCUT2D eigenvalue weighted by molar-refractivity contribution is -0.137. The number of halogens is 1. The summed E-state index contributed by atoms with van der Waals surface area (Å²) >= 11 is 0. The van der Waals surface area contributed by atoms with Gasteiger partial charge in [0.25, 0.3) is 0 Å². The number of likely N-dealkylation sites (tertiary alicyclic amines) is 1. The van der Waals surface area contributed by atoms with E-state index in [9.17, 15) is 9.18 Å². The van der Waals surface area contributed by atoms with E-state index in [1.165, 1.54) is 0 Å². The molecule has 0 saturated carbocycles. The van der Waals surface area contributed by atoms with E-state index >= 15 is 0 Å². The molecule has 2 atom stereocenters. The number of carbonyl (C=O) groups is 1. The second-order valence-electron chi connectivity index (χ2n) is 4.21. The van der Waals surface area contributed by atoms with Gasteiger partial charge in [0.15, 0.2) is 0 Å². The zero-order valence-corrected chi connectivity index (χ0v) is 8.34. The minimum absolute atomic E-state index is 0.0975. The molecule has 3 nitrogen and oxygen atoms in total. The summed E-state index contributed by atoms with van der Waals surface area (Å²) in [7, 11) is 0. The summed E-state index contributed by atoms with van der Waals surface area (Å²) in [4.78, 5) is 13.6. The highest BCUT2D eigenvalue weighted by Gasteiger charge is 2.30. The van der Waals surface area contributed by atoms with Crippen LogP contribution in [0.5, 0.6) is 0 Å². The van der Waals surface area contributed by atoms with Crippen molar-refractivity contribution in [2.45, 2.75) is 25.4 Å². The molecule has 0 radical (unpaired) electrons. The zero-order chi connectivity index (χ0) is 9.97. The van der Waals surface area contributed by atoms with Crippen LogP contribution in [0, 0.1) is 5.92 Å². The van der Waals surface area contributed by atoms with E-state index in [2.05, 4.69) is 5.32 Å². The maximum Gasteiger partial charge on any atom is 0.227 e. The molecule has 0 bridgehead atoms. The molecule has 0 aromatic heterocycles. The summed E-state index contributed by atoms with van der Waals surface area (Å²) in [6, 6.07) is 0. The van der Waals surface area contributed by atoms with Crippen LogP contribution in [0.1, 0.15) is 19.3 Å². The molecule has 0 aromatic carbocycles. The quantitative estimate of drug-likeness (QED) is 0.670. The third-order valence-electron chi connectivity index (χ3n) is 3.09. The number of carbonyl (C=O) groups excluding carboxylic acids is 1. The second-order valence-corrected chi connectivity index (χ2v) is 4.21. The fourth-order valence-electron chi connectivity index (χ4n) is 2.25. The van der Waals surface area contributed by atoms with Crippen LogP contribution in [0.25, 0.3) is 0 Å². The van der Waals surface area contributed by atoms with Crippen molar-refractivity contribution >= 4 is 5.91 Å². The van der Waals surface area contributed by atoms with Crippen LogP contribution >= 0.6 is 0 Å². The Hall–Kier alpha value is -0.640. The number of alkyl halides is 1. The summed E-state index contributed by atoms with van der Waals surface area (Å²) in [6.07, 6.45) is 1.54. The average molecular weight is 200 g/mol. The largest absolute Gasteiger partial charge is 0.340 e. The Bertz CT molecular complexity index is 216. The Morgan fingerprint density at radius 1 is 1.43 bits per heavy atom. The Labute approximate surface area is 83.6 Å². The molecule has 0 aliphatic carbocycles. The van der Waals surface area contributed by atoms with E-state index in [1.807, 2.05) is 0 Å². The molecule has 1 amide bonds. The van der Waals surface area contributed by atoms with Crippen LogP contribution in [-0.2, 0) is 4.79 Å². The van der Waals surface area contributed by atoms with E-state index in [0.717, 1.165) is 32.5 Å². The molecular formula is C10H17FN2O. The maximum absolute atomic E-state index is 13.1. The van der Waals surface area contributed by atoms with Crippen LogP contribution in [0.4, 0.5) is 4.39 Å². The Morgan fingerprint density at radius 2 is 2.29 bits per heavy atom. The Morgan fingerprint density at radius 3 is 2.93 bits per heavy atom. The first-order valence-corrected chi connectivity index (χ1v) is 5.41. The first-order chi connectivity index (χ1) is 6.77. The molecular weight excluding hydrogens is 183 g/mol. The summed E-state index contributed by atoms with van der Waals surface area (Å²) in [5.74, 6) is 0.248. The topological polar surface area (TPSA) is 32.3 Å². The minimum Gasteiger partial charge on any atom is -0.340 e. The van der Waals surface area contributed by atoms with Gasteiger partial charge in [0.2, 0.25) is 5.91 Å². The van der Waals surface area contributed by atoms with Crippen LogP contribution in [0.15, 0.2) is 0 Å². The highest BCUT2D eigenvalue weighted by Crippen LogP contribution is 2.18. The number of hydrogen-bond acceptors (Lipinski definition) is 2. The van der Waals surface area contributed by atoms with E-state index in [-0.39, 0.29) is 11.8 Å². The van der Waals surface area contributed by atoms with Crippen LogP contribution in [0.2, 0.25) is 0 Å². The number of piperidine rings is 1. The lowest BCUT2D eigenvalue weighted by Crippen LogP contribution is -2.44. The highest BCUT2D eigenvalue weighted by atomic mass is 19.1. The monoisotopic (exact) mass is 200 g/mol. The van der Waals surface area contributed by atoms with Crippen LogP contribution in [-0.4, -0.2) is 43.2 Å². The number of hydrogen-bond donors (Lipinski definition) is 1. The summed E-state index contributed by atoms with van der Waals surface area (Å²) < 4.78 is 13.1. The minimum atomic E-state index is -0.804. The zero-order valence-electron chi connectivity index (χ0n) is 8.34. The van der Waals surface area contributed by atoms with Crippen molar-refractivity contribution < 1.29 is 9.18 Å². The lowest BCUT2D eigenvalue weighted by atomic mass is 10.0. The van der Waals surface area contributed by atoms with Crippen molar-refractivity contribution in [3.63, 3.8) is 0 Å². The van der Waals surface area contributed by atoms with E-state index in [0.29, 0.717) is 13.0 Å². The molecule has 0 unspecified atom stereocenters. The normalized spacial score (nSPS) is 33.4. The van der Waals surface area contributed by atoms with Gasteiger partial charge in [-0.3, -0.25) is 4.79 Å². The smallest absolute Gasteiger partial charge is 0.227 e. The van der Waals surface area contributed by atoms with Crippen molar-refractivity contribution in [1.82, 2.24) is 10.2 Å². The molecule has 2 fully saturated rings. The summed E-state index contributed by atoms with van der Waals surface area (Å²) in [5.41, 5.74) is 0. The summed E-state index contributed by atoms with van der Waals surface area (Å²) in [5, 5.41) is 3.16. The number of nitrogens with zero attached hydrogens (tertiary/aromatic N) is 1. The van der Waals surface area contributed by atoms with E-state index in [1.54, 1.807) is 4.90 Å². The molecule has 2 heterocycles. The molecule has 2 aliphatic heterocycles. The fourth-order valence-corrected chi connectivity index (χ4v) is 2.25. The van der Waals surface area contributed by atoms with E-state index in [4.69, 9.17) is 0 Å². The van der Waals surface area contributed by atoms with Gasteiger partial charge in [-0.05, 0) is 25.8 Å². The average Bonchev–Trinajstić information content (AvgIpc) is 2.69.